The molecule has 3 amide bonds. The monoisotopic (exact) mass is 437 g/mol. The van der Waals surface area contributed by atoms with E-state index in [4.69, 9.17) is 16.3 Å². The van der Waals surface area contributed by atoms with Crippen LogP contribution >= 0.6 is 23.4 Å². The maximum atomic E-state index is 12.5. The summed E-state index contributed by atoms with van der Waals surface area (Å²) < 4.78 is 5.66. The second-order valence-corrected chi connectivity index (χ2v) is 8.56. The summed E-state index contributed by atoms with van der Waals surface area (Å²) in [6.45, 7) is 5.98. The van der Waals surface area contributed by atoms with Crippen LogP contribution in [0.15, 0.2) is 29.2 Å². The van der Waals surface area contributed by atoms with E-state index in [0.29, 0.717) is 28.6 Å². The highest BCUT2D eigenvalue weighted by Gasteiger charge is 2.34. The molecule has 0 radical (unpaired) electrons. The molecule has 0 spiro atoms. The molecule has 2 heterocycles. The van der Waals surface area contributed by atoms with Gasteiger partial charge in [-0.25, -0.2) is 0 Å². The van der Waals surface area contributed by atoms with Crippen molar-refractivity contribution in [3.05, 3.63) is 39.8 Å². The van der Waals surface area contributed by atoms with Gasteiger partial charge in [-0.15, -0.1) is 0 Å². The number of hydrogen-bond acceptors (Lipinski definition) is 6. The van der Waals surface area contributed by atoms with Crippen molar-refractivity contribution in [2.45, 2.75) is 26.1 Å². The van der Waals surface area contributed by atoms with Gasteiger partial charge in [0.1, 0.15) is 0 Å². The fourth-order valence-corrected chi connectivity index (χ4v) is 4.45. The summed E-state index contributed by atoms with van der Waals surface area (Å²) in [5, 5.41) is 2.95. The molecule has 2 aliphatic heterocycles. The summed E-state index contributed by atoms with van der Waals surface area (Å²) in [7, 11) is 0. The lowest BCUT2D eigenvalue weighted by Crippen LogP contribution is -2.49. The Kier molecular flexibility index (Phi) is 7.34. The molecular weight excluding hydrogens is 414 g/mol. The second kappa shape index (κ2) is 9.75. The average molecular weight is 438 g/mol. The molecule has 1 aromatic carbocycles. The molecular formula is C20H24ClN3O4S. The number of morpholine rings is 1. The molecule has 2 atom stereocenters. The highest BCUT2D eigenvalue weighted by Crippen LogP contribution is 2.33. The first-order valence-corrected chi connectivity index (χ1v) is 10.7. The van der Waals surface area contributed by atoms with Crippen LogP contribution in [0.5, 0.6) is 0 Å². The van der Waals surface area contributed by atoms with Gasteiger partial charge in [0.2, 0.25) is 5.91 Å². The fourth-order valence-electron chi connectivity index (χ4n) is 3.41. The van der Waals surface area contributed by atoms with Gasteiger partial charge in [-0.1, -0.05) is 29.8 Å². The van der Waals surface area contributed by atoms with Crippen molar-refractivity contribution in [2.75, 3.05) is 32.7 Å². The molecule has 1 aromatic rings. The Bertz CT molecular complexity index is 822. The summed E-state index contributed by atoms with van der Waals surface area (Å²) in [5.74, 6) is -0.505. The lowest BCUT2D eigenvalue weighted by Gasteiger charge is -2.34. The van der Waals surface area contributed by atoms with Crippen LogP contribution in [0.2, 0.25) is 5.02 Å². The van der Waals surface area contributed by atoms with Crippen LogP contribution in [-0.4, -0.2) is 71.8 Å². The van der Waals surface area contributed by atoms with Gasteiger partial charge in [0.25, 0.3) is 11.1 Å². The maximum Gasteiger partial charge on any atom is 0.293 e. The van der Waals surface area contributed by atoms with E-state index in [0.717, 1.165) is 16.7 Å². The molecule has 7 nitrogen and oxygen atoms in total. The number of carbonyl (C=O) groups excluding carboxylic acids is 3. The first kappa shape index (κ1) is 21.8. The Hall–Kier alpha value is -1.87. The number of hydrogen-bond donors (Lipinski definition) is 1. The van der Waals surface area contributed by atoms with Gasteiger partial charge in [-0.3, -0.25) is 24.2 Å². The molecule has 1 N–H and O–H groups in total. The van der Waals surface area contributed by atoms with E-state index in [9.17, 15) is 14.4 Å². The molecule has 3 rings (SSSR count). The third kappa shape index (κ3) is 5.82. The van der Waals surface area contributed by atoms with Gasteiger partial charge in [0, 0.05) is 31.2 Å². The van der Waals surface area contributed by atoms with Crippen molar-refractivity contribution in [2.24, 2.45) is 0 Å². The number of halogens is 1. The zero-order chi connectivity index (χ0) is 21.0. The van der Waals surface area contributed by atoms with Crippen LogP contribution in [0.1, 0.15) is 19.4 Å². The molecule has 2 fully saturated rings. The van der Waals surface area contributed by atoms with Crippen LogP contribution in [-0.2, 0) is 14.3 Å². The van der Waals surface area contributed by atoms with Crippen LogP contribution in [0.25, 0.3) is 6.08 Å². The highest BCUT2D eigenvalue weighted by atomic mass is 35.5. The van der Waals surface area contributed by atoms with Crippen molar-refractivity contribution in [3.8, 4) is 0 Å². The van der Waals surface area contributed by atoms with Gasteiger partial charge in [-0.05, 0) is 43.3 Å². The van der Waals surface area contributed by atoms with Crippen LogP contribution in [0, 0.1) is 0 Å². The van der Waals surface area contributed by atoms with E-state index >= 15 is 0 Å². The van der Waals surface area contributed by atoms with Crippen LogP contribution < -0.4 is 5.32 Å². The van der Waals surface area contributed by atoms with Crippen molar-refractivity contribution in [3.63, 3.8) is 0 Å². The average Bonchev–Trinajstić information content (AvgIpc) is 2.90. The van der Waals surface area contributed by atoms with E-state index in [1.54, 1.807) is 24.3 Å². The first-order valence-electron chi connectivity index (χ1n) is 9.48. The standard InChI is InChI=1S/C20H24ClN3O4S/c1-13-10-23(11-14(2)28-13)12-18(25)22-7-8-24-19(26)17(29-20(24)27)9-15-5-3-4-6-16(15)21/h3-6,9,13-14H,7-8,10-12H2,1-2H3,(H,22,25)/b17-9-/t13-,14-/m0/s1. The lowest BCUT2D eigenvalue weighted by atomic mass is 10.2. The first-order chi connectivity index (χ1) is 13.8. The summed E-state index contributed by atoms with van der Waals surface area (Å²) in [5.41, 5.74) is 0.682. The number of nitrogens with one attached hydrogen (secondary N) is 1. The summed E-state index contributed by atoms with van der Waals surface area (Å²) in [6, 6.07) is 7.12. The number of nitrogens with zero attached hydrogens (tertiary/aromatic N) is 2. The molecule has 0 bridgehead atoms. The fraction of sp³-hybridized carbons (Fsp3) is 0.450. The van der Waals surface area contributed by atoms with E-state index in [1.165, 1.54) is 0 Å². The Labute approximate surface area is 179 Å². The van der Waals surface area contributed by atoms with E-state index in [-0.39, 0.29) is 48.9 Å². The van der Waals surface area contributed by atoms with Gasteiger partial charge < -0.3 is 10.1 Å². The molecule has 9 heteroatoms. The topological polar surface area (TPSA) is 79.0 Å². The minimum absolute atomic E-state index is 0.0896. The Morgan fingerprint density at radius 2 is 1.97 bits per heavy atom. The smallest absolute Gasteiger partial charge is 0.293 e. The third-order valence-corrected chi connectivity index (χ3v) is 5.84. The zero-order valence-electron chi connectivity index (χ0n) is 16.4. The third-order valence-electron chi connectivity index (χ3n) is 4.59. The predicted molar refractivity (Wildman–Crippen MR) is 114 cm³/mol. The van der Waals surface area contributed by atoms with Crippen LogP contribution in [0.4, 0.5) is 4.79 Å². The number of imide groups is 1. The molecule has 2 saturated heterocycles. The van der Waals surface area contributed by atoms with E-state index < -0.39 is 0 Å². The van der Waals surface area contributed by atoms with Gasteiger partial charge >= 0.3 is 0 Å². The Balaban J connectivity index is 1.49. The summed E-state index contributed by atoms with van der Waals surface area (Å²) in [6.07, 6.45) is 1.80. The normalized spacial score (nSPS) is 24.4. The molecule has 0 aliphatic carbocycles. The Morgan fingerprint density at radius 3 is 2.66 bits per heavy atom. The molecule has 0 aromatic heterocycles. The van der Waals surface area contributed by atoms with E-state index in [1.807, 2.05) is 24.8 Å². The van der Waals surface area contributed by atoms with Crippen LogP contribution in [0.3, 0.4) is 0 Å². The largest absolute Gasteiger partial charge is 0.373 e. The molecule has 156 valence electrons. The van der Waals surface area contributed by atoms with Crippen molar-refractivity contribution >= 4 is 46.5 Å². The molecule has 0 unspecified atom stereocenters. The predicted octanol–water partition coefficient (Wildman–Crippen LogP) is 2.60. The number of carbonyl (C=O) groups is 3. The van der Waals surface area contributed by atoms with Crippen molar-refractivity contribution in [1.82, 2.24) is 15.1 Å². The summed E-state index contributed by atoms with van der Waals surface area (Å²) >= 11 is 6.99. The molecule has 2 aliphatic rings. The number of rotatable bonds is 6. The zero-order valence-corrected chi connectivity index (χ0v) is 18.0. The number of ether oxygens (including phenoxy) is 1. The van der Waals surface area contributed by atoms with Crippen molar-refractivity contribution in [1.29, 1.82) is 0 Å². The minimum atomic E-state index is -0.370. The second-order valence-electron chi connectivity index (χ2n) is 7.16. The van der Waals surface area contributed by atoms with E-state index in [2.05, 4.69) is 5.32 Å². The van der Waals surface area contributed by atoms with Gasteiger partial charge in [0.15, 0.2) is 0 Å². The maximum absolute atomic E-state index is 12.5. The lowest BCUT2D eigenvalue weighted by molar-refractivity contribution is -0.127. The van der Waals surface area contributed by atoms with Gasteiger partial charge in [-0.2, -0.15) is 0 Å². The minimum Gasteiger partial charge on any atom is -0.373 e. The Morgan fingerprint density at radius 1 is 1.28 bits per heavy atom. The summed E-state index contributed by atoms with van der Waals surface area (Å²) in [4.78, 5) is 40.4. The van der Waals surface area contributed by atoms with Gasteiger partial charge in [0.05, 0.1) is 23.7 Å². The van der Waals surface area contributed by atoms with Crippen molar-refractivity contribution < 1.29 is 19.1 Å². The number of thioether (sulfide) groups is 1. The SMILES string of the molecule is C[C@H]1CN(CC(=O)NCCN2C(=O)S/C(=C\c3ccccc3Cl)C2=O)C[C@H](C)O1. The number of benzene rings is 1. The molecule has 29 heavy (non-hydrogen) atoms. The quantitative estimate of drug-likeness (QED) is 0.689. The molecule has 0 saturated carbocycles. The highest BCUT2D eigenvalue weighted by molar-refractivity contribution is 8.18. The number of amides is 3.